The van der Waals surface area contributed by atoms with Crippen molar-refractivity contribution >= 4 is 6.08 Å². The summed E-state index contributed by atoms with van der Waals surface area (Å²) in [5.41, 5.74) is 3.89. The lowest BCUT2D eigenvalue weighted by Gasteiger charge is -2.34. The Morgan fingerprint density at radius 1 is 1.12 bits per heavy atom. The molecule has 3 rings (SSSR count). The first kappa shape index (κ1) is 25.9. The van der Waals surface area contributed by atoms with Crippen LogP contribution in [0.2, 0.25) is 0 Å². The number of aromatic hydroxyl groups is 1. The zero-order valence-electron chi connectivity index (χ0n) is 21.5. The number of allylic oxidation sites excluding steroid dienone is 1. The van der Waals surface area contributed by atoms with Gasteiger partial charge in [0.15, 0.2) is 23.0 Å². The number of benzene rings is 2. The van der Waals surface area contributed by atoms with E-state index in [2.05, 4.69) is 44.7 Å². The molecule has 1 aliphatic rings. The molecule has 3 atom stereocenters. The number of phenolic OH excluding ortho intramolecular Hbond substituents is 1. The average molecular weight is 470 g/mol. The molecule has 1 aliphatic heterocycles. The molecule has 0 fully saturated rings. The van der Waals surface area contributed by atoms with E-state index in [0.717, 1.165) is 34.5 Å². The minimum absolute atomic E-state index is 0.0566. The van der Waals surface area contributed by atoms with Crippen molar-refractivity contribution < 1.29 is 24.4 Å². The topological polar surface area (TPSA) is 71.4 Å². The molecular formula is C28H39NO5. The second kappa shape index (κ2) is 11.2. The second-order valence-electron chi connectivity index (χ2n) is 9.17. The van der Waals surface area contributed by atoms with E-state index in [4.69, 9.17) is 14.2 Å². The van der Waals surface area contributed by atoms with Crippen molar-refractivity contribution in [2.24, 2.45) is 5.92 Å². The molecule has 0 saturated heterocycles. The molecule has 1 heterocycles. The maximum atomic E-state index is 11.1. The van der Waals surface area contributed by atoms with Gasteiger partial charge in [-0.05, 0) is 54.8 Å². The Balaban J connectivity index is 2.11. The standard InChI is InChI=1S/C28H39NO5/c1-8-10-19-13-21-18(5)27(34-28(21)24(14-19)33-7)20-15-22(26(31)23(16-20)32-6)25(17(3)4)29(9-2)11-12-30/h8,10,13-18,25,27,30-31H,9,11-12H2,1-7H3/t18-,25?,27-/m1/s1. The van der Waals surface area contributed by atoms with Crippen LogP contribution in [0, 0.1) is 5.92 Å². The van der Waals surface area contributed by atoms with Gasteiger partial charge in [-0.1, -0.05) is 39.8 Å². The third-order valence-electron chi connectivity index (χ3n) is 6.69. The summed E-state index contributed by atoms with van der Waals surface area (Å²) >= 11 is 0. The number of fused-ring (bicyclic) bond motifs is 1. The van der Waals surface area contributed by atoms with E-state index in [1.807, 2.05) is 31.2 Å². The Morgan fingerprint density at radius 2 is 1.82 bits per heavy atom. The first-order chi connectivity index (χ1) is 16.3. The minimum Gasteiger partial charge on any atom is -0.504 e. The van der Waals surface area contributed by atoms with Crippen molar-refractivity contribution in [2.45, 2.75) is 52.7 Å². The van der Waals surface area contributed by atoms with Gasteiger partial charge < -0.3 is 24.4 Å². The molecule has 2 aromatic rings. The maximum Gasteiger partial charge on any atom is 0.165 e. The second-order valence-corrected chi connectivity index (χ2v) is 9.17. The summed E-state index contributed by atoms with van der Waals surface area (Å²) in [6.45, 7) is 11.8. The number of ether oxygens (including phenoxy) is 3. The highest BCUT2D eigenvalue weighted by Crippen LogP contribution is 2.52. The lowest BCUT2D eigenvalue weighted by Crippen LogP contribution is -2.34. The molecule has 34 heavy (non-hydrogen) atoms. The molecule has 0 bridgehead atoms. The van der Waals surface area contributed by atoms with E-state index in [1.165, 1.54) is 0 Å². The quantitative estimate of drug-likeness (QED) is 0.466. The number of rotatable bonds is 10. The van der Waals surface area contributed by atoms with Crippen molar-refractivity contribution in [1.29, 1.82) is 0 Å². The SMILES string of the molecule is CC=Cc1cc(OC)c2c(c1)[C@@H](C)[C@H](c1cc(OC)c(O)c(C(C(C)C)N(CC)CCO)c1)O2. The van der Waals surface area contributed by atoms with Crippen LogP contribution < -0.4 is 14.2 Å². The molecule has 6 nitrogen and oxygen atoms in total. The van der Waals surface area contributed by atoms with Gasteiger partial charge in [-0.25, -0.2) is 0 Å². The molecule has 0 aliphatic carbocycles. The van der Waals surface area contributed by atoms with Crippen LogP contribution in [0.1, 0.15) is 74.9 Å². The number of nitrogens with zero attached hydrogens (tertiary/aromatic N) is 1. The third kappa shape index (κ3) is 4.89. The predicted molar refractivity (Wildman–Crippen MR) is 136 cm³/mol. The predicted octanol–water partition coefficient (Wildman–Crippen LogP) is 5.69. The molecule has 2 aromatic carbocycles. The van der Waals surface area contributed by atoms with Gasteiger partial charge in [0.2, 0.25) is 0 Å². The molecule has 0 radical (unpaired) electrons. The molecule has 0 saturated carbocycles. The van der Waals surface area contributed by atoms with Crippen molar-refractivity contribution in [3.63, 3.8) is 0 Å². The van der Waals surface area contributed by atoms with Crippen molar-refractivity contribution in [3.8, 4) is 23.0 Å². The van der Waals surface area contributed by atoms with E-state index in [9.17, 15) is 10.2 Å². The highest BCUT2D eigenvalue weighted by molar-refractivity contribution is 5.62. The maximum absolute atomic E-state index is 11.1. The lowest BCUT2D eigenvalue weighted by molar-refractivity contribution is 0.125. The molecule has 2 N–H and O–H groups in total. The van der Waals surface area contributed by atoms with Gasteiger partial charge in [0.05, 0.1) is 20.8 Å². The van der Waals surface area contributed by atoms with Gasteiger partial charge in [-0.2, -0.15) is 0 Å². The fraction of sp³-hybridized carbons (Fsp3) is 0.500. The van der Waals surface area contributed by atoms with Crippen LogP contribution in [-0.2, 0) is 0 Å². The summed E-state index contributed by atoms with van der Waals surface area (Å²) in [4.78, 5) is 2.18. The van der Waals surface area contributed by atoms with Gasteiger partial charge in [-0.3, -0.25) is 4.90 Å². The molecule has 1 unspecified atom stereocenters. The van der Waals surface area contributed by atoms with Gasteiger partial charge in [0.25, 0.3) is 0 Å². The fourth-order valence-corrected chi connectivity index (χ4v) is 5.10. The smallest absolute Gasteiger partial charge is 0.165 e. The van der Waals surface area contributed by atoms with Gasteiger partial charge in [-0.15, -0.1) is 0 Å². The summed E-state index contributed by atoms with van der Waals surface area (Å²) in [5, 5.41) is 20.7. The number of methoxy groups -OCH3 is 2. The van der Waals surface area contributed by atoms with E-state index in [-0.39, 0.29) is 36.3 Å². The normalized spacial score (nSPS) is 18.4. The Kier molecular flexibility index (Phi) is 8.50. The van der Waals surface area contributed by atoms with Gasteiger partial charge >= 0.3 is 0 Å². The lowest BCUT2D eigenvalue weighted by atomic mass is 9.87. The van der Waals surface area contributed by atoms with E-state index in [1.54, 1.807) is 14.2 Å². The van der Waals surface area contributed by atoms with Crippen LogP contribution in [0.5, 0.6) is 23.0 Å². The van der Waals surface area contributed by atoms with Crippen LogP contribution in [0.4, 0.5) is 0 Å². The Hall–Kier alpha value is -2.70. The molecule has 6 heteroatoms. The van der Waals surface area contributed by atoms with E-state index < -0.39 is 0 Å². The van der Waals surface area contributed by atoms with E-state index in [0.29, 0.717) is 18.0 Å². The fourth-order valence-electron chi connectivity index (χ4n) is 5.10. The monoisotopic (exact) mass is 469 g/mol. The zero-order valence-corrected chi connectivity index (χ0v) is 21.5. The largest absolute Gasteiger partial charge is 0.504 e. The summed E-state index contributed by atoms with van der Waals surface area (Å²) in [6.07, 6.45) is 3.81. The van der Waals surface area contributed by atoms with Crippen LogP contribution >= 0.6 is 0 Å². The summed E-state index contributed by atoms with van der Waals surface area (Å²) in [5.74, 6) is 2.32. The summed E-state index contributed by atoms with van der Waals surface area (Å²) in [6, 6.07) is 7.96. The van der Waals surface area contributed by atoms with Crippen LogP contribution in [-0.4, -0.2) is 49.0 Å². The Labute approximate surface area is 203 Å². The molecule has 0 amide bonds. The average Bonchev–Trinajstić information content (AvgIpc) is 3.15. The van der Waals surface area contributed by atoms with Crippen LogP contribution in [0.15, 0.2) is 30.3 Å². The summed E-state index contributed by atoms with van der Waals surface area (Å²) in [7, 11) is 3.23. The van der Waals surface area contributed by atoms with Crippen molar-refractivity contribution in [1.82, 2.24) is 4.90 Å². The number of aliphatic hydroxyl groups is 1. The Bertz CT molecular complexity index is 1020. The molecule has 186 valence electrons. The highest BCUT2D eigenvalue weighted by atomic mass is 16.5. The summed E-state index contributed by atoms with van der Waals surface area (Å²) < 4.78 is 17.7. The molecule has 0 spiro atoms. The van der Waals surface area contributed by atoms with Crippen LogP contribution in [0.3, 0.4) is 0 Å². The minimum atomic E-state index is -0.251. The highest BCUT2D eigenvalue weighted by Gasteiger charge is 2.37. The number of hydrogen-bond donors (Lipinski definition) is 2. The van der Waals surface area contributed by atoms with Crippen molar-refractivity contribution in [3.05, 3.63) is 52.6 Å². The first-order valence-electron chi connectivity index (χ1n) is 12.1. The number of aliphatic hydroxyl groups excluding tert-OH is 1. The Morgan fingerprint density at radius 3 is 2.38 bits per heavy atom. The van der Waals surface area contributed by atoms with Gasteiger partial charge in [0.1, 0.15) is 6.10 Å². The van der Waals surface area contributed by atoms with Crippen LogP contribution in [0.25, 0.3) is 6.08 Å². The zero-order chi connectivity index (χ0) is 25.0. The third-order valence-corrected chi connectivity index (χ3v) is 6.69. The van der Waals surface area contributed by atoms with Crippen molar-refractivity contribution in [2.75, 3.05) is 33.9 Å². The van der Waals surface area contributed by atoms with Gasteiger partial charge in [0, 0.05) is 29.6 Å². The van der Waals surface area contributed by atoms with E-state index >= 15 is 0 Å². The molecular weight excluding hydrogens is 430 g/mol. The number of hydrogen-bond acceptors (Lipinski definition) is 6. The molecule has 0 aromatic heterocycles. The first-order valence-corrected chi connectivity index (χ1v) is 12.1. The number of likely N-dealkylation sites (N-methyl/N-ethyl adjacent to an activating group) is 1. The number of phenols is 1.